The second-order valence-corrected chi connectivity index (χ2v) is 10.1. The third kappa shape index (κ3) is 4.91. The maximum atomic E-state index is 13.7. The molecule has 1 fully saturated rings. The number of aromatic nitrogens is 3. The van der Waals surface area contributed by atoms with Gasteiger partial charge in [0, 0.05) is 37.5 Å². The number of nitrogens with zero attached hydrogens (tertiary/aromatic N) is 5. The molecule has 11 heteroatoms. The molecule has 0 bridgehead atoms. The molecule has 1 saturated heterocycles. The Kier molecular flexibility index (Phi) is 6.63. The number of aliphatic hydroxyl groups excluding tert-OH is 1. The molecular weight excluding hydrogens is 501 g/mol. The summed E-state index contributed by atoms with van der Waals surface area (Å²) in [6, 6.07) is 10.5. The number of hydrogen-bond donors (Lipinski definition) is 3. The minimum absolute atomic E-state index is 0.169. The predicted octanol–water partition coefficient (Wildman–Crippen LogP) is 3.13. The molecule has 1 atom stereocenters. The topological polar surface area (TPSA) is 107 Å². The maximum Gasteiger partial charge on any atom is 0.254 e. The van der Waals surface area contributed by atoms with E-state index in [4.69, 9.17) is 9.72 Å². The fraction of sp³-hybridized carbons (Fsp3) is 0.321. The van der Waals surface area contributed by atoms with Crippen LogP contribution in [0, 0.1) is 5.82 Å². The van der Waals surface area contributed by atoms with Crippen LogP contribution in [0.15, 0.2) is 48.8 Å². The molecular formula is C28H30FN7O3. The monoisotopic (exact) mass is 531 g/mol. The van der Waals surface area contributed by atoms with Crippen molar-refractivity contribution >= 4 is 28.7 Å². The van der Waals surface area contributed by atoms with Crippen molar-refractivity contribution in [1.29, 1.82) is 0 Å². The van der Waals surface area contributed by atoms with E-state index in [0.717, 1.165) is 41.2 Å². The Balaban J connectivity index is 1.36. The summed E-state index contributed by atoms with van der Waals surface area (Å²) in [6.45, 7) is 2.63. The number of fused-ring (bicyclic) bond motifs is 2. The van der Waals surface area contributed by atoms with Gasteiger partial charge in [-0.3, -0.25) is 9.20 Å². The van der Waals surface area contributed by atoms with Crippen molar-refractivity contribution < 1.29 is 19.0 Å². The predicted molar refractivity (Wildman–Crippen MR) is 145 cm³/mol. The highest BCUT2D eigenvalue weighted by Gasteiger charge is 2.28. The smallest absolute Gasteiger partial charge is 0.254 e. The van der Waals surface area contributed by atoms with E-state index in [1.165, 1.54) is 12.1 Å². The van der Waals surface area contributed by atoms with Crippen LogP contribution in [-0.4, -0.2) is 70.4 Å². The zero-order chi connectivity index (χ0) is 27.1. The fourth-order valence-corrected chi connectivity index (χ4v) is 5.28. The zero-order valence-electron chi connectivity index (χ0n) is 21.8. The molecule has 10 nitrogen and oxygen atoms in total. The molecule has 1 aromatic carbocycles. The number of anilines is 3. The first-order chi connectivity index (χ1) is 18.9. The standard InChI is InChI=1S/C28H30FN7O3/c1-34(2)15-21-22(35-9-3-11-39-26(37)16-35)6-7-24(33-21)32-20-5-4-18(19-13-31-28(38)27(19)20)23-14-30-25-12-17(29)8-10-36(23)25/h4-8,10,12,14,26,37H,3,9,11,13,15-16H2,1-2H3,(H,31,38)(H,32,33)/t26-/m1/s1. The largest absolute Gasteiger partial charge is 0.366 e. The van der Waals surface area contributed by atoms with Crippen molar-refractivity contribution in [2.45, 2.75) is 25.8 Å². The number of imidazole rings is 1. The van der Waals surface area contributed by atoms with Crippen molar-refractivity contribution in [3.05, 3.63) is 71.4 Å². The molecule has 0 unspecified atom stereocenters. The van der Waals surface area contributed by atoms with Gasteiger partial charge in [-0.2, -0.15) is 0 Å². The number of nitrogens with one attached hydrogen (secondary N) is 2. The Morgan fingerprint density at radius 2 is 2.13 bits per heavy atom. The average molecular weight is 532 g/mol. The highest BCUT2D eigenvalue weighted by molar-refractivity contribution is 6.06. The van der Waals surface area contributed by atoms with Crippen LogP contribution in [0.1, 0.15) is 28.0 Å². The third-order valence-electron chi connectivity index (χ3n) is 7.00. The van der Waals surface area contributed by atoms with Gasteiger partial charge in [0.1, 0.15) is 17.3 Å². The molecule has 0 saturated carbocycles. The number of rotatable bonds is 6. The number of benzene rings is 1. The molecule has 5 heterocycles. The first-order valence-corrected chi connectivity index (χ1v) is 12.9. The van der Waals surface area contributed by atoms with Crippen LogP contribution >= 0.6 is 0 Å². The lowest BCUT2D eigenvalue weighted by atomic mass is 9.99. The summed E-state index contributed by atoms with van der Waals surface area (Å²) < 4.78 is 20.9. The summed E-state index contributed by atoms with van der Waals surface area (Å²) >= 11 is 0. The van der Waals surface area contributed by atoms with Crippen LogP contribution in [0.5, 0.6) is 0 Å². The molecule has 3 aromatic heterocycles. The lowest BCUT2D eigenvalue weighted by Crippen LogP contribution is -2.33. The molecule has 4 aromatic rings. The third-order valence-corrected chi connectivity index (χ3v) is 7.00. The van der Waals surface area contributed by atoms with Gasteiger partial charge in [-0.1, -0.05) is 6.07 Å². The normalized spacial score (nSPS) is 17.4. The number of amides is 1. The number of carbonyl (C=O) groups is 1. The van der Waals surface area contributed by atoms with E-state index in [1.807, 2.05) is 47.7 Å². The summed E-state index contributed by atoms with van der Waals surface area (Å²) in [5.41, 5.74) is 5.99. The first kappa shape index (κ1) is 25.2. The Morgan fingerprint density at radius 3 is 2.97 bits per heavy atom. The average Bonchev–Trinajstić information content (AvgIpc) is 3.42. The molecule has 3 N–H and O–H groups in total. The van der Waals surface area contributed by atoms with Crippen LogP contribution in [0.4, 0.5) is 21.6 Å². The van der Waals surface area contributed by atoms with Gasteiger partial charge in [0.25, 0.3) is 5.91 Å². The van der Waals surface area contributed by atoms with Gasteiger partial charge in [0.2, 0.25) is 0 Å². The van der Waals surface area contributed by atoms with Crippen molar-refractivity contribution in [2.24, 2.45) is 0 Å². The minimum atomic E-state index is -0.843. The number of aliphatic hydroxyl groups is 1. The van der Waals surface area contributed by atoms with E-state index in [9.17, 15) is 14.3 Å². The second-order valence-electron chi connectivity index (χ2n) is 10.1. The van der Waals surface area contributed by atoms with E-state index in [-0.39, 0.29) is 11.7 Å². The summed E-state index contributed by atoms with van der Waals surface area (Å²) in [6.07, 6.45) is 3.30. The van der Waals surface area contributed by atoms with E-state index < -0.39 is 6.29 Å². The molecule has 6 rings (SSSR count). The molecule has 0 radical (unpaired) electrons. The number of halogens is 1. The maximum absolute atomic E-state index is 13.7. The lowest BCUT2D eigenvalue weighted by Gasteiger charge is -2.27. The summed E-state index contributed by atoms with van der Waals surface area (Å²) in [5, 5.41) is 16.4. The Labute approximate surface area is 225 Å². The Morgan fingerprint density at radius 1 is 1.26 bits per heavy atom. The summed E-state index contributed by atoms with van der Waals surface area (Å²) in [7, 11) is 3.97. The van der Waals surface area contributed by atoms with Gasteiger partial charge >= 0.3 is 0 Å². The van der Waals surface area contributed by atoms with Crippen LogP contribution in [-0.2, 0) is 17.8 Å². The minimum Gasteiger partial charge on any atom is -0.366 e. The molecule has 2 aliphatic rings. The number of ether oxygens (including phenoxy) is 1. The summed E-state index contributed by atoms with van der Waals surface area (Å²) in [5.74, 6) is 0.0915. The van der Waals surface area contributed by atoms with Crippen molar-refractivity contribution in [2.75, 3.05) is 44.0 Å². The Bertz CT molecular complexity index is 1550. The number of pyridine rings is 2. The van der Waals surface area contributed by atoms with E-state index in [2.05, 4.69) is 20.5 Å². The van der Waals surface area contributed by atoms with Gasteiger partial charge in [0.15, 0.2) is 6.29 Å². The number of hydrogen-bond acceptors (Lipinski definition) is 8. The van der Waals surface area contributed by atoms with Crippen LogP contribution in [0.25, 0.3) is 16.9 Å². The molecule has 1 amide bonds. The summed E-state index contributed by atoms with van der Waals surface area (Å²) in [4.78, 5) is 26.4. The van der Waals surface area contributed by atoms with E-state index in [0.29, 0.717) is 49.0 Å². The van der Waals surface area contributed by atoms with Crippen molar-refractivity contribution in [3.8, 4) is 11.3 Å². The molecule has 202 valence electrons. The molecule has 0 aliphatic carbocycles. The highest BCUT2D eigenvalue weighted by atomic mass is 19.1. The van der Waals surface area contributed by atoms with Gasteiger partial charge < -0.3 is 30.3 Å². The van der Waals surface area contributed by atoms with Crippen LogP contribution < -0.4 is 15.5 Å². The van der Waals surface area contributed by atoms with Crippen molar-refractivity contribution in [1.82, 2.24) is 24.6 Å². The highest BCUT2D eigenvalue weighted by Crippen LogP contribution is 2.36. The number of carbonyl (C=O) groups excluding carboxylic acids is 1. The molecule has 39 heavy (non-hydrogen) atoms. The Hall–Kier alpha value is -4.06. The fourth-order valence-electron chi connectivity index (χ4n) is 5.28. The first-order valence-electron chi connectivity index (χ1n) is 12.9. The van der Waals surface area contributed by atoms with Gasteiger partial charge in [-0.05, 0) is 50.3 Å². The SMILES string of the molecule is CN(C)Cc1nc(Nc2ccc(-c3cnc4cc(F)ccn34)c3c2C(=O)NC3)ccc1N1CCCO[C@@H](O)C1. The van der Waals surface area contributed by atoms with Crippen LogP contribution in [0.2, 0.25) is 0 Å². The van der Waals surface area contributed by atoms with E-state index >= 15 is 0 Å². The van der Waals surface area contributed by atoms with Gasteiger partial charge in [-0.25, -0.2) is 14.4 Å². The van der Waals surface area contributed by atoms with Crippen molar-refractivity contribution in [3.63, 3.8) is 0 Å². The van der Waals surface area contributed by atoms with Gasteiger partial charge in [-0.15, -0.1) is 0 Å². The number of β-amino-alcohol motifs (C(OH)–C–C–N with tert-alkyl or cyclic N) is 1. The lowest BCUT2D eigenvalue weighted by molar-refractivity contribution is -0.0850. The zero-order valence-corrected chi connectivity index (χ0v) is 21.8. The molecule has 0 spiro atoms. The second kappa shape index (κ2) is 10.3. The quantitative estimate of drug-likeness (QED) is 0.349. The van der Waals surface area contributed by atoms with Crippen LogP contribution in [0.3, 0.4) is 0 Å². The van der Waals surface area contributed by atoms with Gasteiger partial charge in [0.05, 0.1) is 47.7 Å². The van der Waals surface area contributed by atoms with E-state index in [1.54, 1.807) is 12.4 Å². The molecule has 2 aliphatic heterocycles.